The summed E-state index contributed by atoms with van der Waals surface area (Å²) in [5.74, 6) is 0.0535. The molecule has 4 aromatic rings. The average molecular weight is 489 g/mol. The highest BCUT2D eigenvalue weighted by Gasteiger charge is 2.50. The molecular formula is C26H30N5O3Si. The van der Waals surface area contributed by atoms with E-state index in [0.717, 1.165) is 0 Å². The van der Waals surface area contributed by atoms with Crippen molar-refractivity contribution in [1.82, 2.24) is 19.5 Å². The van der Waals surface area contributed by atoms with Crippen LogP contribution in [-0.4, -0.2) is 40.5 Å². The standard InChI is InChI=1S/C26H30N5O3Si/c1-26(2,3)35(19-10-6-4-7-11-19,20-12-8-5-9-13-20)33-16-18-14-15-21(34-18)31-17-28-22-23(31)29-25(27)30-24(22)32/h4-14,17-18,21H,15-16H2,1-3H3,(H3,27,29,30,32)/t18-,21-/m1/s1. The van der Waals surface area contributed by atoms with Crippen molar-refractivity contribution in [2.45, 2.75) is 44.6 Å². The summed E-state index contributed by atoms with van der Waals surface area (Å²) in [7, 11) is -2.66. The van der Waals surface area contributed by atoms with Gasteiger partial charge in [-0.05, 0) is 28.3 Å². The molecule has 1 fully saturated rings. The largest absolute Gasteiger partial charge is 0.405 e. The van der Waals surface area contributed by atoms with Gasteiger partial charge in [-0.25, -0.2) is 4.98 Å². The quantitative estimate of drug-likeness (QED) is 0.404. The minimum atomic E-state index is -2.66. The topological polar surface area (TPSA) is 108 Å². The molecule has 35 heavy (non-hydrogen) atoms. The third kappa shape index (κ3) is 4.20. The van der Waals surface area contributed by atoms with E-state index in [1.165, 1.54) is 10.4 Å². The van der Waals surface area contributed by atoms with Crippen molar-refractivity contribution in [3.8, 4) is 0 Å². The number of nitrogens with two attached hydrogens (primary N) is 1. The van der Waals surface area contributed by atoms with E-state index in [1.807, 2.05) is 12.1 Å². The van der Waals surface area contributed by atoms with Gasteiger partial charge in [0.05, 0.1) is 19.0 Å². The van der Waals surface area contributed by atoms with Crippen molar-refractivity contribution in [3.05, 3.63) is 83.8 Å². The number of H-pyrrole nitrogens is 1. The molecule has 2 atom stereocenters. The molecular weight excluding hydrogens is 458 g/mol. The van der Waals surface area contributed by atoms with E-state index in [9.17, 15) is 4.79 Å². The Kier molecular flexibility index (Phi) is 6.08. The summed E-state index contributed by atoms with van der Waals surface area (Å²) in [6, 6.07) is 21.1. The van der Waals surface area contributed by atoms with Crippen LogP contribution in [0.15, 0.2) is 71.8 Å². The molecule has 181 valence electrons. The molecule has 0 amide bonds. The number of nitrogens with zero attached hydrogens (tertiary/aromatic N) is 3. The Morgan fingerprint density at radius 2 is 1.74 bits per heavy atom. The monoisotopic (exact) mass is 488 g/mol. The molecule has 8 nitrogen and oxygen atoms in total. The van der Waals surface area contributed by atoms with Crippen LogP contribution in [-0.2, 0) is 9.16 Å². The van der Waals surface area contributed by atoms with Crippen molar-refractivity contribution in [2.75, 3.05) is 12.3 Å². The first-order valence-electron chi connectivity index (χ1n) is 11.8. The van der Waals surface area contributed by atoms with Crippen LogP contribution < -0.4 is 21.7 Å². The Morgan fingerprint density at radius 1 is 1.11 bits per heavy atom. The Hall–Kier alpha value is -3.27. The van der Waals surface area contributed by atoms with Crippen LogP contribution in [0.3, 0.4) is 0 Å². The SMILES string of the molecule is CC(C)(C)[Si](OC[C@H]1[CH]C[C@H](n2cnc3c(=O)[nH]c(N)nc32)O1)(c1ccccc1)c1ccccc1. The summed E-state index contributed by atoms with van der Waals surface area (Å²) in [6.45, 7) is 7.19. The maximum absolute atomic E-state index is 12.2. The Bertz CT molecular complexity index is 1330. The smallest absolute Gasteiger partial charge is 0.280 e. The van der Waals surface area contributed by atoms with Crippen LogP contribution in [0.4, 0.5) is 5.95 Å². The summed E-state index contributed by atoms with van der Waals surface area (Å²) in [5.41, 5.74) is 6.05. The predicted octanol–water partition coefficient (Wildman–Crippen LogP) is 2.77. The number of anilines is 1. The summed E-state index contributed by atoms with van der Waals surface area (Å²) in [5, 5.41) is 2.34. The minimum absolute atomic E-state index is 0.0535. The number of imidazole rings is 1. The van der Waals surface area contributed by atoms with Gasteiger partial charge in [-0.3, -0.25) is 14.3 Å². The average Bonchev–Trinajstić information content (AvgIpc) is 3.47. The van der Waals surface area contributed by atoms with Crippen molar-refractivity contribution in [1.29, 1.82) is 0 Å². The van der Waals surface area contributed by atoms with Crippen LogP contribution in [0.25, 0.3) is 11.2 Å². The molecule has 2 aromatic carbocycles. The molecule has 0 bridgehead atoms. The lowest BCUT2D eigenvalue weighted by Gasteiger charge is -2.43. The molecule has 0 unspecified atom stereocenters. The van der Waals surface area contributed by atoms with Crippen molar-refractivity contribution in [3.63, 3.8) is 0 Å². The second-order valence-electron chi connectivity index (χ2n) is 9.85. The normalized spacial score (nSPS) is 18.8. The van der Waals surface area contributed by atoms with Crippen LogP contribution in [0.5, 0.6) is 0 Å². The zero-order chi connectivity index (χ0) is 24.6. The highest BCUT2D eigenvalue weighted by Crippen LogP contribution is 2.38. The number of nitrogen functional groups attached to an aromatic ring is 1. The number of ether oxygens (including phenoxy) is 1. The Morgan fingerprint density at radius 3 is 2.34 bits per heavy atom. The second-order valence-corrected chi connectivity index (χ2v) is 14.2. The van der Waals surface area contributed by atoms with E-state index in [0.29, 0.717) is 18.7 Å². The number of fused-ring (bicyclic) bond motifs is 1. The van der Waals surface area contributed by atoms with E-state index in [1.54, 1.807) is 10.9 Å². The summed E-state index contributed by atoms with van der Waals surface area (Å²) in [6.07, 6.45) is 3.80. The number of nitrogens with one attached hydrogen (secondary N) is 1. The van der Waals surface area contributed by atoms with Crippen LogP contribution >= 0.6 is 0 Å². The Labute approximate surface area is 205 Å². The molecule has 9 heteroatoms. The molecule has 0 spiro atoms. The van der Waals surface area contributed by atoms with Crippen molar-refractivity contribution in [2.24, 2.45) is 0 Å². The lowest BCUT2D eigenvalue weighted by atomic mass is 10.2. The number of hydrogen-bond donors (Lipinski definition) is 2. The molecule has 1 radical (unpaired) electrons. The molecule has 1 aliphatic rings. The number of benzene rings is 2. The van der Waals surface area contributed by atoms with Gasteiger partial charge in [0.25, 0.3) is 13.9 Å². The minimum Gasteiger partial charge on any atom is -0.405 e. The van der Waals surface area contributed by atoms with Gasteiger partial charge >= 0.3 is 0 Å². The lowest BCUT2D eigenvalue weighted by molar-refractivity contribution is -0.0122. The van der Waals surface area contributed by atoms with Gasteiger partial charge in [0.1, 0.15) is 6.23 Å². The first-order chi connectivity index (χ1) is 16.8. The highest BCUT2D eigenvalue weighted by atomic mass is 28.4. The van der Waals surface area contributed by atoms with E-state index in [2.05, 4.69) is 90.7 Å². The molecule has 3 N–H and O–H groups in total. The van der Waals surface area contributed by atoms with Gasteiger partial charge in [-0.1, -0.05) is 81.4 Å². The van der Waals surface area contributed by atoms with Crippen LogP contribution in [0.2, 0.25) is 5.04 Å². The number of aromatic nitrogens is 4. The van der Waals surface area contributed by atoms with Gasteiger partial charge in [-0.15, -0.1) is 0 Å². The van der Waals surface area contributed by atoms with Crippen molar-refractivity contribution >= 4 is 35.8 Å². The van der Waals surface area contributed by atoms with E-state index >= 15 is 0 Å². The molecule has 1 aliphatic heterocycles. The first kappa shape index (κ1) is 23.5. The fourth-order valence-electron chi connectivity index (χ4n) is 4.99. The summed E-state index contributed by atoms with van der Waals surface area (Å²) in [4.78, 5) is 23.1. The molecule has 1 saturated heterocycles. The first-order valence-corrected chi connectivity index (χ1v) is 13.7. The second kappa shape index (κ2) is 9.07. The van der Waals surface area contributed by atoms with Gasteiger partial charge in [0.15, 0.2) is 11.2 Å². The summed E-state index contributed by atoms with van der Waals surface area (Å²) < 4.78 is 15.1. The van der Waals surface area contributed by atoms with Gasteiger partial charge in [0.2, 0.25) is 5.95 Å². The maximum Gasteiger partial charge on any atom is 0.280 e. The molecule has 5 rings (SSSR count). The fraction of sp³-hybridized carbons (Fsp3) is 0.308. The zero-order valence-corrected chi connectivity index (χ0v) is 21.1. The third-order valence-electron chi connectivity index (χ3n) is 6.57. The van der Waals surface area contributed by atoms with Gasteiger partial charge in [0, 0.05) is 0 Å². The predicted molar refractivity (Wildman–Crippen MR) is 139 cm³/mol. The fourth-order valence-corrected chi connectivity index (χ4v) is 9.56. The third-order valence-corrected chi connectivity index (χ3v) is 11.6. The van der Waals surface area contributed by atoms with Gasteiger partial charge in [-0.2, -0.15) is 4.98 Å². The molecule has 0 aliphatic carbocycles. The summed E-state index contributed by atoms with van der Waals surface area (Å²) >= 11 is 0. The van der Waals surface area contributed by atoms with Gasteiger partial charge < -0.3 is 14.9 Å². The van der Waals surface area contributed by atoms with Crippen LogP contribution in [0, 0.1) is 6.42 Å². The number of rotatable bonds is 6. The van der Waals surface area contributed by atoms with Crippen LogP contribution in [0.1, 0.15) is 33.4 Å². The maximum atomic E-state index is 12.2. The van der Waals surface area contributed by atoms with E-state index < -0.39 is 8.32 Å². The Balaban J connectivity index is 1.42. The molecule has 0 saturated carbocycles. The van der Waals surface area contributed by atoms with Crippen molar-refractivity contribution < 1.29 is 9.16 Å². The number of aromatic amines is 1. The zero-order valence-electron chi connectivity index (χ0n) is 20.1. The molecule has 3 heterocycles. The van der Waals surface area contributed by atoms with E-state index in [-0.39, 0.29) is 34.4 Å². The van der Waals surface area contributed by atoms with E-state index in [4.69, 9.17) is 14.9 Å². The highest BCUT2D eigenvalue weighted by molar-refractivity contribution is 6.99. The number of hydrogen-bond acceptors (Lipinski definition) is 6. The lowest BCUT2D eigenvalue weighted by Crippen LogP contribution is -2.67. The molecule has 2 aromatic heterocycles.